The van der Waals surface area contributed by atoms with Gasteiger partial charge in [-0.05, 0) is 30.2 Å². The number of aliphatic hydroxyl groups is 2. The molecule has 2 nitrogen and oxygen atoms in total. The Balaban J connectivity index is 2.18. The smallest absolute Gasteiger partial charge is 0.387 e. The van der Waals surface area contributed by atoms with Gasteiger partial charge in [0.05, 0.1) is 6.10 Å². The van der Waals surface area contributed by atoms with Crippen LogP contribution in [0, 0.1) is 5.92 Å². The Bertz CT molecular complexity index is 439. The van der Waals surface area contributed by atoms with E-state index >= 15 is 0 Å². The lowest BCUT2D eigenvalue weighted by Gasteiger charge is -2.39. The third-order valence-electron chi connectivity index (χ3n) is 4.65. The number of hydrogen-bond acceptors (Lipinski definition) is 3. The Hall–Kier alpha value is -0.590. The molecule has 2 N–H and O–H groups in total. The molecule has 1 aliphatic carbocycles. The first-order valence-corrected chi connectivity index (χ1v) is 8.73. The van der Waals surface area contributed by atoms with Crippen molar-refractivity contribution in [2.24, 2.45) is 5.92 Å². The molecule has 1 fully saturated rings. The summed E-state index contributed by atoms with van der Waals surface area (Å²) in [6.07, 6.45) is -1.66. The van der Waals surface area contributed by atoms with Crippen molar-refractivity contribution in [2.75, 3.05) is 0 Å². The Morgan fingerprint density at radius 1 is 1.14 bits per heavy atom. The van der Waals surface area contributed by atoms with Crippen molar-refractivity contribution in [1.82, 2.24) is 0 Å². The summed E-state index contributed by atoms with van der Waals surface area (Å²) in [6, 6.07) is 3.29. The van der Waals surface area contributed by atoms with Crippen LogP contribution in [0.2, 0.25) is 0 Å². The van der Waals surface area contributed by atoms with Gasteiger partial charge in [0.15, 0.2) is 5.60 Å². The van der Waals surface area contributed by atoms with Crippen LogP contribution in [0.25, 0.3) is 0 Å². The summed E-state index contributed by atoms with van der Waals surface area (Å²) in [5.74, 6) is -0.831. The number of thiophene rings is 1. The first kappa shape index (κ1) is 17.8. The molecule has 2 atom stereocenters. The fraction of sp³-hybridized carbons (Fsp3) is 0.750. The van der Waals surface area contributed by atoms with E-state index in [9.17, 15) is 23.4 Å². The van der Waals surface area contributed by atoms with Crippen molar-refractivity contribution >= 4 is 11.3 Å². The van der Waals surface area contributed by atoms with Crippen molar-refractivity contribution in [1.29, 1.82) is 0 Å². The fourth-order valence-corrected chi connectivity index (χ4v) is 4.04. The first-order chi connectivity index (χ1) is 10.3. The van der Waals surface area contributed by atoms with Gasteiger partial charge in [-0.3, -0.25) is 0 Å². The average molecular weight is 336 g/mol. The lowest BCUT2D eigenvalue weighted by molar-refractivity contribution is -0.290. The normalized spacial score (nSPS) is 22.6. The first-order valence-electron chi connectivity index (χ1n) is 7.85. The summed E-state index contributed by atoms with van der Waals surface area (Å²) < 4.78 is 40.7. The van der Waals surface area contributed by atoms with Gasteiger partial charge in [0.2, 0.25) is 0 Å². The van der Waals surface area contributed by atoms with E-state index in [0.717, 1.165) is 19.3 Å². The van der Waals surface area contributed by atoms with Crippen LogP contribution >= 0.6 is 11.3 Å². The monoisotopic (exact) mass is 336 g/mol. The van der Waals surface area contributed by atoms with E-state index in [0.29, 0.717) is 30.6 Å². The molecule has 0 amide bonds. The van der Waals surface area contributed by atoms with Crippen LogP contribution in [0.4, 0.5) is 13.2 Å². The van der Waals surface area contributed by atoms with Crippen LogP contribution in [-0.4, -0.2) is 22.0 Å². The number of alkyl halides is 3. The Kier molecular flexibility index (Phi) is 5.91. The minimum atomic E-state index is -4.73. The third-order valence-corrected chi connectivity index (χ3v) is 5.62. The largest absolute Gasteiger partial charge is 0.417 e. The molecule has 0 aromatic carbocycles. The summed E-state index contributed by atoms with van der Waals surface area (Å²) in [5, 5.41) is 22.3. The zero-order valence-electron chi connectivity index (χ0n) is 12.5. The van der Waals surface area contributed by atoms with Gasteiger partial charge in [0.25, 0.3) is 0 Å². The van der Waals surface area contributed by atoms with Crippen LogP contribution in [0.5, 0.6) is 0 Å². The average Bonchev–Trinajstić information content (AvgIpc) is 2.90. The lowest BCUT2D eigenvalue weighted by Crippen LogP contribution is -2.52. The number of halogens is 3. The van der Waals surface area contributed by atoms with Crippen LogP contribution in [-0.2, 0) is 0 Å². The van der Waals surface area contributed by atoms with Gasteiger partial charge < -0.3 is 10.2 Å². The molecule has 22 heavy (non-hydrogen) atoms. The molecule has 0 aliphatic heterocycles. The molecule has 1 heterocycles. The van der Waals surface area contributed by atoms with Crippen LogP contribution in [0.1, 0.15) is 62.3 Å². The van der Waals surface area contributed by atoms with Gasteiger partial charge in [0, 0.05) is 11.3 Å². The van der Waals surface area contributed by atoms with Gasteiger partial charge in [-0.15, -0.1) is 11.3 Å². The molecule has 1 aromatic rings. The fourth-order valence-electron chi connectivity index (χ4n) is 3.32. The van der Waals surface area contributed by atoms with E-state index in [2.05, 4.69) is 0 Å². The SMILES string of the molecule is OC(CC(O)(C1CCCCCCC1)C(F)(F)F)c1cccs1. The Morgan fingerprint density at radius 2 is 1.73 bits per heavy atom. The molecule has 1 aliphatic rings. The van der Waals surface area contributed by atoms with Gasteiger partial charge in [0.1, 0.15) is 0 Å². The van der Waals surface area contributed by atoms with Gasteiger partial charge in [-0.1, -0.05) is 38.2 Å². The van der Waals surface area contributed by atoms with Crippen molar-refractivity contribution in [3.63, 3.8) is 0 Å². The Labute approximate surface area is 133 Å². The van der Waals surface area contributed by atoms with Crippen molar-refractivity contribution < 1.29 is 23.4 Å². The van der Waals surface area contributed by atoms with E-state index < -0.39 is 30.2 Å². The zero-order valence-corrected chi connectivity index (χ0v) is 13.3. The summed E-state index contributed by atoms with van der Waals surface area (Å²) in [6.45, 7) is 0. The van der Waals surface area contributed by atoms with E-state index in [1.165, 1.54) is 11.3 Å². The topological polar surface area (TPSA) is 40.5 Å². The van der Waals surface area contributed by atoms with Crippen LogP contribution < -0.4 is 0 Å². The van der Waals surface area contributed by atoms with Crippen LogP contribution in [0.3, 0.4) is 0 Å². The molecule has 6 heteroatoms. The maximum absolute atomic E-state index is 13.6. The number of aliphatic hydroxyl groups excluding tert-OH is 1. The van der Waals surface area contributed by atoms with Gasteiger partial charge in [-0.25, -0.2) is 0 Å². The van der Waals surface area contributed by atoms with Crippen molar-refractivity contribution in [3.05, 3.63) is 22.4 Å². The molecule has 0 bridgehead atoms. The van der Waals surface area contributed by atoms with E-state index in [-0.39, 0.29) is 0 Å². The zero-order chi connectivity index (χ0) is 16.2. The maximum atomic E-state index is 13.6. The molecule has 2 unspecified atom stereocenters. The molecular weight excluding hydrogens is 313 g/mol. The quantitative estimate of drug-likeness (QED) is 0.827. The molecule has 2 rings (SSSR count). The molecule has 0 spiro atoms. The second-order valence-corrected chi connectivity index (χ2v) is 7.18. The Morgan fingerprint density at radius 3 is 2.23 bits per heavy atom. The highest BCUT2D eigenvalue weighted by Gasteiger charge is 2.58. The van der Waals surface area contributed by atoms with Crippen molar-refractivity contribution in [3.8, 4) is 0 Å². The lowest BCUT2D eigenvalue weighted by atomic mass is 9.75. The summed E-state index contributed by atoms with van der Waals surface area (Å²) in [7, 11) is 0. The number of hydrogen-bond donors (Lipinski definition) is 2. The minimum Gasteiger partial charge on any atom is -0.387 e. The van der Waals surface area contributed by atoms with Gasteiger partial charge in [-0.2, -0.15) is 13.2 Å². The van der Waals surface area contributed by atoms with Crippen LogP contribution in [0.15, 0.2) is 17.5 Å². The standard InChI is InChI=1S/C16H23F3O2S/c17-16(18,19)15(21,11-13(20)14-9-6-10-22-14)12-7-4-2-1-3-5-8-12/h6,9-10,12-13,20-21H,1-5,7-8,11H2. The molecule has 1 aromatic heterocycles. The minimum absolute atomic E-state index is 0.368. The summed E-state index contributed by atoms with van der Waals surface area (Å²) in [4.78, 5) is 0.466. The molecule has 0 saturated heterocycles. The third kappa shape index (κ3) is 4.03. The highest BCUT2D eigenvalue weighted by Crippen LogP contribution is 2.46. The molecular formula is C16H23F3O2S. The molecule has 126 valence electrons. The summed E-state index contributed by atoms with van der Waals surface area (Å²) >= 11 is 1.21. The van der Waals surface area contributed by atoms with Crippen molar-refractivity contribution in [2.45, 2.75) is 69.2 Å². The number of rotatable bonds is 4. The maximum Gasteiger partial charge on any atom is 0.417 e. The second-order valence-electron chi connectivity index (χ2n) is 6.20. The van der Waals surface area contributed by atoms with E-state index in [1.54, 1.807) is 17.5 Å². The second kappa shape index (κ2) is 7.32. The van der Waals surface area contributed by atoms with Gasteiger partial charge >= 0.3 is 6.18 Å². The highest BCUT2D eigenvalue weighted by molar-refractivity contribution is 7.10. The predicted molar refractivity (Wildman–Crippen MR) is 80.7 cm³/mol. The van der Waals surface area contributed by atoms with E-state index in [1.807, 2.05) is 0 Å². The highest BCUT2D eigenvalue weighted by atomic mass is 32.1. The molecule has 1 saturated carbocycles. The summed E-state index contributed by atoms with van der Waals surface area (Å²) in [5.41, 5.74) is -2.81. The molecule has 0 radical (unpaired) electrons. The predicted octanol–water partition coefficient (Wildman–Crippen LogP) is 4.83. The van der Waals surface area contributed by atoms with E-state index in [4.69, 9.17) is 0 Å².